The van der Waals surface area contributed by atoms with Gasteiger partial charge in [0.05, 0.1) is 19.3 Å². The molecule has 6 nitrogen and oxygen atoms in total. The second kappa shape index (κ2) is 8.27. The smallest absolute Gasteiger partial charge is 0.319 e. The van der Waals surface area contributed by atoms with Crippen LogP contribution in [0.4, 0.5) is 10.5 Å². The Bertz CT molecular complexity index is 948. The highest BCUT2D eigenvalue weighted by molar-refractivity contribution is 6.30. The van der Waals surface area contributed by atoms with Crippen molar-refractivity contribution < 1.29 is 14.3 Å². The maximum Gasteiger partial charge on any atom is 0.319 e. The van der Waals surface area contributed by atoms with Gasteiger partial charge in [-0.2, -0.15) is 0 Å². The van der Waals surface area contributed by atoms with Crippen LogP contribution >= 0.6 is 11.6 Å². The summed E-state index contributed by atoms with van der Waals surface area (Å²) in [6, 6.07) is 13.9. The van der Waals surface area contributed by atoms with Gasteiger partial charge in [0.25, 0.3) is 0 Å². The minimum absolute atomic E-state index is 0.145. The molecule has 150 valence electrons. The zero-order valence-electron chi connectivity index (χ0n) is 16.1. The Morgan fingerprint density at radius 1 is 1.07 bits per heavy atom. The lowest BCUT2D eigenvalue weighted by Crippen LogP contribution is -2.45. The fourth-order valence-electron chi connectivity index (χ4n) is 3.70. The molecule has 0 radical (unpaired) electrons. The van der Waals surface area contributed by atoms with Gasteiger partial charge >= 0.3 is 6.03 Å². The van der Waals surface area contributed by atoms with Crippen LogP contribution in [0.5, 0.6) is 0 Å². The first-order valence-electron chi connectivity index (χ1n) is 9.54. The molecule has 1 fully saturated rings. The van der Waals surface area contributed by atoms with Gasteiger partial charge in [-0.3, -0.25) is 4.79 Å². The number of Topliss-reactive ketones (excluding diaryl/α,β-unsaturated/α-hetero) is 1. The van der Waals surface area contributed by atoms with Crippen LogP contribution in [-0.4, -0.2) is 38.1 Å². The van der Waals surface area contributed by atoms with Gasteiger partial charge in [-0.05, 0) is 48.9 Å². The highest BCUT2D eigenvalue weighted by Crippen LogP contribution is 2.31. The van der Waals surface area contributed by atoms with E-state index in [2.05, 4.69) is 15.5 Å². The van der Waals surface area contributed by atoms with Crippen molar-refractivity contribution >= 4 is 29.1 Å². The van der Waals surface area contributed by atoms with Crippen molar-refractivity contribution in [2.24, 2.45) is 0 Å². The van der Waals surface area contributed by atoms with Gasteiger partial charge in [-0.15, -0.1) is 0 Å². The molecule has 1 saturated heterocycles. The summed E-state index contributed by atoms with van der Waals surface area (Å²) < 4.78 is 5.41. The summed E-state index contributed by atoms with van der Waals surface area (Å²) in [5.41, 5.74) is 3.55. The standard InChI is InChI=1S/C22H22ClN3O3/c1-14-19(21(27)16-2-6-17(23)7-3-16)20(25-22(28)24-14)15-4-8-18(9-5-15)26-10-12-29-13-11-26/h2-9,20H,10-13H2,1H3,(H2,24,25,28)/t20-/m1/s1. The van der Waals surface area contributed by atoms with E-state index in [-0.39, 0.29) is 11.8 Å². The number of hydrogen-bond donors (Lipinski definition) is 2. The molecule has 4 rings (SSSR count). The van der Waals surface area contributed by atoms with Crippen LogP contribution in [-0.2, 0) is 4.74 Å². The zero-order valence-corrected chi connectivity index (χ0v) is 16.8. The molecule has 0 aromatic heterocycles. The zero-order chi connectivity index (χ0) is 20.4. The number of ketones is 1. The van der Waals surface area contributed by atoms with Crippen LogP contribution in [0.3, 0.4) is 0 Å². The predicted molar refractivity (Wildman–Crippen MR) is 112 cm³/mol. The number of ether oxygens (including phenoxy) is 1. The number of allylic oxidation sites excluding steroid dienone is 1. The van der Waals surface area contributed by atoms with Gasteiger partial charge in [-0.1, -0.05) is 23.7 Å². The van der Waals surface area contributed by atoms with E-state index in [1.807, 2.05) is 24.3 Å². The van der Waals surface area contributed by atoms with Gasteiger partial charge in [0.15, 0.2) is 5.78 Å². The first kappa shape index (κ1) is 19.5. The quantitative estimate of drug-likeness (QED) is 0.753. The fraction of sp³-hybridized carbons (Fsp3) is 0.273. The van der Waals surface area contributed by atoms with Crippen LogP contribution in [0, 0.1) is 0 Å². The van der Waals surface area contributed by atoms with Crippen molar-refractivity contribution in [3.63, 3.8) is 0 Å². The summed E-state index contributed by atoms with van der Waals surface area (Å²) in [6.07, 6.45) is 0. The average molecular weight is 412 g/mol. The van der Waals surface area contributed by atoms with Crippen LogP contribution in [0.15, 0.2) is 59.8 Å². The van der Waals surface area contributed by atoms with Gasteiger partial charge in [0, 0.05) is 40.6 Å². The third kappa shape index (κ3) is 4.13. The normalized spacial score (nSPS) is 19.6. The van der Waals surface area contributed by atoms with E-state index in [1.54, 1.807) is 31.2 Å². The van der Waals surface area contributed by atoms with Crippen molar-refractivity contribution in [2.75, 3.05) is 31.2 Å². The van der Waals surface area contributed by atoms with Crippen LogP contribution < -0.4 is 15.5 Å². The van der Waals surface area contributed by atoms with Crippen LogP contribution in [0.2, 0.25) is 5.02 Å². The summed E-state index contributed by atoms with van der Waals surface area (Å²) in [6.45, 7) is 4.88. The number of nitrogens with zero attached hydrogens (tertiary/aromatic N) is 1. The van der Waals surface area contributed by atoms with E-state index in [0.29, 0.717) is 35.1 Å². The maximum absolute atomic E-state index is 13.2. The molecule has 29 heavy (non-hydrogen) atoms. The monoisotopic (exact) mass is 411 g/mol. The summed E-state index contributed by atoms with van der Waals surface area (Å²) in [5, 5.41) is 6.17. The van der Waals surface area contributed by atoms with Crippen molar-refractivity contribution in [3.8, 4) is 0 Å². The van der Waals surface area contributed by atoms with E-state index in [9.17, 15) is 9.59 Å². The van der Waals surface area contributed by atoms with E-state index in [1.165, 1.54) is 0 Å². The number of rotatable bonds is 4. The number of benzene rings is 2. The molecule has 7 heteroatoms. The molecule has 0 saturated carbocycles. The van der Waals surface area contributed by atoms with E-state index in [0.717, 1.165) is 24.3 Å². The molecule has 2 aromatic rings. The molecule has 2 N–H and O–H groups in total. The van der Waals surface area contributed by atoms with Crippen molar-refractivity contribution in [1.29, 1.82) is 0 Å². The summed E-state index contributed by atoms with van der Waals surface area (Å²) in [4.78, 5) is 27.6. The summed E-state index contributed by atoms with van der Waals surface area (Å²) in [5.74, 6) is -0.145. The Labute approximate surface area is 174 Å². The van der Waals surface area contributed by atoms with Gasteiger partial charge in [0.1, 0.15) is 0 Å². The number of hydrogen-bond acceptors (Lipinski definition) is 4. The second-order valence-corrected chi connectivity index (χ2v) is 7.53. The Morgan fingerprint density at radius 3 is 2.38 bits per heavy atom. The van der Waals surface area contributed by atoms with E-state index < -0.39 is 6.04 Å². The number of halogens is 1. The highest BCUT2D eigenvalue weighted by Gasteiger charge is 2.31. The fourth-order valence-corrected chi connectivity index (χ4v) is 3.83. The number of nitrogens with one attached hydrogen (secondary N) is 2. The molecule has 2 aromatic carbocycles. The number of carbonyl (C=O) groups is 2. The third-order valence-electron chi connectivity index (χ3n) is 5.22. The number of urea groups is 1. The maximum atomic E-state index is 13.2. The van der Waals surface area contributed by atoms with Crippen LogP contribution in [0.1, 0.15) is 28.9 Å². The van der Waals surface area contributed by atoms with Crippen molar-refractivity contribution in [1.82, 2.24) is 10.6 Å². The summed E-state index contributed by atoms with van der Waals surface area (Å²) >= 11 is 5.95. The topological polar surface area (TPSA) is 70.7 Å². The average Bonchev–Trinajstić information content (AvgIpc) is 2.74. The van der Waals surface area contributed by atoms with E-state index in [4.69, 9.17) is 16.3 Å². The number of anilines is 1. The van der Waals surface area contributed by atoms with Crippen LogP contribution in [0.25, 0.3) is 0 Å². The molecule has 0 bridgehead atoms. The molecule has 2 aliphatic heterocycles. The first-order chi connectivity index (χ1) is 14.0. The first-order valence-corrected chi connectivity index (χ1v) is 9.92. The van der Waals surface area contributed by atoms with Crippen molar-refractivity contribution in [2.45, 2.75) is 13.0 Å². The molecule has 0 aliphatic carbocycles. The van der Waals surface area contributed by atoms with Gasteiger partial charge in [0.2, 0.25) is 0 Å². The third-order valence-corrected chi connectivity index (χ3v) is 5.47. The van der Waals surface area contributed by atoms with Gasteiger partial charge in [-0.25, -0.2) is 4.79 Å². The molecule has 0 spiro atoms. The molecular formula is C22H22ClN3O3. The lowest BCUT2D eigenvalue weighted by atomic mass is 9.89. The molecular weight excluding hydrogens is 390 g/mol. The molecule has 0 unspecified atom stereocenters. The summed E-state index contributed by atoms with van der Waals surface area (Å²) in [7, 11) is 0. The molecule has 2 amide bonds. The second-order valence-electron chi connectivity index (χ2n) is 7.10. The Balaban J connectivity index is 1.65. The minimum atomic E-state index is -0.523. The molecule has 2 heterocycles. The lowest BCUT2D eigenvalue weighted by molar-refractivity contribution is 0.102. The number of morpholine rings is 1. The molecule has 2 aliphatic rings. The SMILES string of the molecule is CC1=C(C(=O)c2ccc(Cl)cc2)[C@@H](c2ccc(N3CCOCC3)cc2)NC(=O)N1. The Kier molecular flexibility index (Phi) is 5.56. The predicted octanol–water partition coefficient (Wildman–Crippen LogP) is 3.69. The Morgan fingerprint density at radius 2 is 1.72 bits per heavy atom. The van der Waals surface area contributed by atoms with Crippen molar-refractivity contribution in [3.05, 3.63) is 76.0 Å². The minimum Gasteiger partial charge on any atom is -0.378 e. The largest absolute Gasteiger partial charge is 0.378 e. The number of carbonyl (C=O) groups excluding carboxylic acids is 2. The van der Waals surface area contributed by atoms with E-state index >= 15 is 0 Å². The Hall–Kier alpha value is -2.83. The number of amides is 2. The lowest BCUT2D eigenvalue weighted by Gasteiger charge is -2.31. The highest BCUT2D eigenvalue weighted by atomic mass is 35.5. The molecule has 1 atom stereocenters. The van der Waals surface area contributed by atoms with Gasteiger partial charge < -0.3 is 20.3 Å².